The summed E-state index contributed by atoms with van der Waals surface area (Å²) in [6.07, 6.45) is 1.24. The molecule has 0 fully saturated rings. The monoisotopic (exact) mass is 386 g/mol. The maximum Gasteiger partial charge on any atom is 0.259 e. The summed E-state index contributed by atoms with van der Waals surface area (Å²) in [6, 6.07) is 21.9. The van der Waals surface area contributed by atoms with Crippen LogP contribution in [0.4, 0.5) is 4.39 Å². The Hall–Kier alpha value is -3.91. The van der Waals surface area contributed by atoms with Crippen LogP contribution in [0.1, 0.15) is 16.7 Å². The van der Waals surface area contributed by atoms with E-state index in [0.29, 0.717) is 5.56 Å². The van der Waals surface area contributed by atoms with Gasteiger partial charge in [-0.2, -0.15) is 5.26 Å². The fraction of sp³-hybridized carbons (Fsp3) is 0.0833. The van der Waals surface area contributed by atoms with Crippen molar-refractivity contribution in [1.29, 1.82) is 5.26 Å². The zero-order valence-corrected chi connectivity index (χ0v) is 15.9. The lowest BCUT2D eigenvalue weighted by molar-refractivity contribution is -0.114. The van der Waals surface area contributed by atoms with Crippen LogP contribution in [-0.2, 0) is 11.4 Å². The number of ether oxygens (including phenoxy) is 1. The molecule has 0 heterocycles. The van der Waals surface area contributed by atoms with E-state index < -0.39 is 11.7 Å². The molecule has 3 aromatic carbocycles. The minimum atomic E-state index is -0.859. The number of benzene rings is 3. The molecule has 4 nitrogen and oxygen atoms in total. The Morgan fingerprint density at radius 1 is 1.14 bits per heavy atom. The van der Waals surface area contributed by atoms with Crippen LogP contribution in [-0.4, -0.2) is 5.91 Å². The summed E-state index contributed by atoms with van der Waals surface area (Å²) < 4.78 is 20.1. The standard InChI is InChI=1S/C24H19FN2O2/c1-16-19(8-5-9-21(16)18-6-3-2-4-7-18)15-29-23-11-10-17(13-22(23)25)12-20(14-26)24(27)28/h2-13H,15H2,1H3,(H2,27,28)/b20-12+. The molecule has 29 heavy (non-hydrogen) atoms. The highest BCUT2D eigenvalue weighted by atomic mass is 19.1. The predicted molar refractivity (Wildman–Crippen MR) is 110 cm³/mol. The number of carbonyl (C=O) groups is 1. The smallest absolute Gasteiger partial charge is 0.259 e. The van der Waals surface area contributed by atoms with Gasteiger partial charge in [-0.1, -0.05) is 54.6 Å². The van der Waals surface area contributed by atoms with Crippen molar-refractivity contribution >= 4 is 12.0 Å². The summed E-state index contributed by atoms with van der Waals surface area (Å²) in [5.74, 6) is -1.36. The summed E-state index contributed by atoms with van der Waals surface area (Å²) >= 11 is 0. The maximum absolute atomic E-state index is 14.4. The van der Waals surface area contributed by atoms with E-state index in [0.717, 1.165) is 22.3 Å². The zero-order chi connectivity index (χ0) is 20.8. The van der Waals surface area contributed by atoms with Crippen LogP contribution in [0.15, 0.2) is 72.3 Å². The van der Waals surface area contributed by atoms with Crippen LogP contribution < -0.4 is 10.5 Å². The van der Waals surface area contributed by atoms with Crippen molar-refractivity contribution in [2.45, 2.75) is 13.5 Å². The van der Waals surface area contributed by atoms with Crippen molar-refractivity contribution in [1.82, 2.24) is 0 Å². The Balaban J connectivity index is 1.79. The Morgan fingerprint density at radius 3 is 2.55 bits per heavy atom. The number of primary amides is 1. The molecule has 3 rings (SSSR count). The molecule has 0 saturated heterocycles. The summed E-state index contributed by atoms with van der Waals surface area (Å²) in [6.45, 7) is 2.22. The van der Waals surface area contributed by atoms with Crippen LogP contribution >= 0.6 is 0 Å². The third kappa shape index (κ3) is 4.69. The Labute approximate surface area is 168 Å². The van der Waals surface area contributed by atoms with Crippen LogP contribution in [0.2, 0.25) is 0 Å². The zero-order valence-electron chi connectivity index (χ0n) is 15.9. The van der Waals surface area contributed by atoms with Crippen LogP contribution in [0.25, 0.3) is 17.2 Å². The average Bonchev–Trinajstić information content (AvgIpc) is 2.72. The lowest BCUT2D eigenvalue weighted by atomic mass is 9.97. The number of halogens is 1. The number of rotatable bonds is 6. The number of nitrogens with zero attached hydrogens (tertiary/aromatic N) is 1. The minimum Gasteiger partial charge on any atom is -0.486 e. The van der Waals surface area contributed by atoms with E-state index in [2.05, 4.69) is 0 Å². The van der Waals surface area contributed by atoms with Gasteiger partial charge in [0.25, 0.3) is 5.91 Å². The molecule has 144 valence electrons. The average molecular weight is 386 g/mol. The second-order valence-electron chi connectivity index (χ2n) is 6.47. The van der Waals surface area contributed by atoms with Gasteiger partial charge < -0.3 is 10.5 Å². The molecular formula is C24H19FN2O2. The molecule has 0 aromatic heterocycles. The number of nitriles is 1. The Bertz CT molecular complexity index is 1120. The number of amides is 1. The molecular weight excluding hydrogens is 367 g/mol. The van der Waals surface area contributed by atoms with E-state index in [9.17, 15) is 9.18 Å². The topological polar surface area (TPSA) is 76.1 Å². The molecule has 0 unspecified atom stereocenters. The van der Waals surface area contributed by atoms with Crippen LogP contribution in [0, 0.1) is 24.1 Å². The summed E-state index contributed by atoms with van der Waals surface area (Å²) in [5, 5.41) is 8.89. The fourth-order valence-electron chi connectivity index (χ4n) is 2.97. The van der Waals surface area contributed by atoms with E-state index in [1.165, 1.54) is 18.2 Å². The molecule has 1 amide bonds. The molecule has 0 atom stereocenters. The predicted octanol–water partition coefficient (Wildman–Crippen LogP) is 4.77. The first-order valence-corrected chi connectivity index (χ1v) is 8.97. The molecule has 0 bridgehead atoms. The molecule has 0 aliphatic carbocycles. The van der Waals surface area contributed by atoms with Crippen molar-refractivity contribution < 1.29 is 13.9 Å². The van der Waals surface area contributed by atoms with Crippen molar-refractivity contribution in [2.24, 2.45) is 5.73 Å². The number of nitrogens with two attached hydrogens (primary N) is 1. The SMILES string of the molecule is Cc1c(COc2ccc(/C=C(\C#N)C(N)=O)cc2F)cccc1-c1ccccc1. The second kappa shape index (κ2) is 8.85. The highest BCUT2D eigenvalue weighted by molar-refractivity contribution is 6.00. The van der Waals surface area contributed by atoms with Crippen molar-refractivity contribution in [2.75, 3.05) is 0 Å². The molecule has 5 heteroatoms. The number of hydrogen-bond acceptors (Lipinski definition) is 3. The third-order valence-electron chi connectivity index (χ3n) is 4.57. The van der Waals surface area contributed by atoms with Gasteiger partial charge in [0.2, 0.25) is 0 Å². The van der Waals surface area contributed by atoms with Gasteiger partial charge in [-0.05, 0) is 52.9 Å². The van der Waals surface area contributed by atoms with Gasteiger partial charge in [-0.3, -0.25) is 4.79 Å². The molecule has 0 aliphatic heterocycles. The molecule has 0 saturated carbocycles. The minimum absolute atomic E-state index is 0.0873. The molecule has 0 spiro atoms. The first-order valence-electron chi connectivity index (χ1n) is 8.97. The molecule has 2 N–H and O–H groups in total. The molecule has 0 aliphatic rings. The third-order valence-corrected chi connectivity index (χ3v) is 4.57. The van der Waals surface area contributed by atoms with Gasteiger partial charge >= 0.3 is 0 Å². The highest BCUT2D eigenvalue weighted by Gasteiger charge is 2.10. The first kappa shape index (κ1) is 19.8. The summed E-state index contributed by atoms with van der Waals surface area (Å²) in [4.78, 5) is 11.1. The molecule has 0 radical (unpaired) electrons. The highest BCUT2D eigenvalue weighted by Crippen LogP contribution is 2.27. The van der Waals surface area contributed by atoms with E-state index >= 15 is 0 Å². The largest absolute Gasteiger partial charge is 0.486 e. The quantitative estimate of drug-likeness (QED) is 0.490. The van der Waals surface area contributed by atoms with Gasteiger partial charge in [-0.15, -0.1) is 0 Å². The van der Waals surface area contributed by atoms with Crippen molar-refractivity contribution in [3.05, 3.63) is 94.8 Å². The van der Waals surface area contributed by atoms with Crippen LogP contribution in [0.3, 0.4) is 0 Å². The van der Waals surface area contributed by atoms with Crippen molar-refractivity contribution in [3.8, 4) is 22.9 Å². The van der Waals surface area contributed by atoms with E-state index in [1.54, 1.807) is 12.1 Å². The van der Waals surface area contributed by atoms with Crippen LogP contribution in [0.5, 0.6) is 5.75 Å². The van der Waals surface area contributed by atoms with Gasteiger partial charge in [0.05, 0.1) is 0 Å². The summed E-state index contributed by atoms with van der Waals surface area (Å²) in [7, 11) is 0. The van der Waals surface area contributed by atoms with Gasteiger partial charge in [0.1, 0.15) is 18.2 Å². The molecule has 3 aromatic rings. The first-order chi connectivity index (χ1) is 14.0. The normalized spacial score (nSPS) is 11.0. The van der Waals surface area contributed by atoms with E-state index in [-0.39, 0.29) is 17.9 Å². The van der Waals surface area contributed by atoms with Gasteiger partial charge in [0, 0.05) is 0 Å². The Morgan fingerprint density at radius 2 is 1.90 bits per heavy atom. The van der Waals surface area contributed by atoms with Gasteiger partial charge in [-0.25, -0.2) is 4.39 Å². The lowest BCUT2D eigenvalue weighted by Gasteiger charge is -2.13. The Kier molecular flexibility index (Phi) is 6.06. The lowest BCUT2D eigenvalue weighted by Crippen LogP contribution is -2.12. The summed E-state index contributed by atoms with van der Waals surface area (Å²) in [5.41, 5.74) is 9.44. The maximum atomic E-state index is 14.4. The van der Waals surface area contributed by atoms with Crippen molar-refractivity contribution in [3.63, 3.8) is 0 Å². The number of hydrogen-bond donors (Lipinski definition) is 1. The van der Waals surface area contributed by atoms with Gasteiger partial charge in [0.15, 0.2) is 11.6 Å². The fourth-order valence-corrected chi connectivity index (χ4v) is 2.97. The van der Waals surface area contributed by atoms with E-state index in [4.69, 9.17) is 15.7 Å². The number of carbonyl (C=O) groups excluding carboxylic acids is 1. The second-order valence-corrected chi connectivity index (χ2v) is 6.47. The van der Waals surface area contributed by atoms with E-state index in [1.807, 2.05) is 55.5 Å².